The molecule has 0 unspecified atom stereocenters. The van der Waals surface area contributed by atoms with E-state index in [9.17, 15) is 22.8 Å². The molecule has 2 heterocycles. The number of nitrogens with one attached hydrogen (secondary N) is 1. The first-order valence-corrected chi connectivity index (χ1v) is 13.9. The zero-order valence-corrected chi connectivity index (χ0v) is 21.0. The summed E-state index contributed by atoms with van der Waals surface area (Å²) < 4.78 is 29.9. The predicted octanol–water partition coefficient (Wildman–Crippen LogP) is 3.04. The second-order valence-corrected chi connectivity index (χ2v) is 11.8. The van der Waals surface area contributed by atoms with Crippen LogP contribution in [0.5, 0.6) is 0 Å². The van der Waals surface area contributed by atoms with Gasteiger partial charge in [0.15, 0.2) is 16.4 Å². The van der Waals surface area contributed by atoms with Gasteiger partial charge in [-0.15, -0.1) is 11.3 Å². The van der Waals surface area contributed by atoms with Gasteiger partial charge in [0.05, 0.1) is 16.5 Å². The van der Waals surface area contributed by atoms with Gasteiger partial charge in [0, 0.05) is 22.7 Å². The minimum absolute atomic E-state index is 0.0162. The Bertz CT molecular complexity index is 1360. The van der Waals surface area contributed by atoms with Crippen LogP contribution in [0.1, 0.15) is 21.7 Å². The van der Waals surface area contributed by atoms with E-state index in [1.807, 2.05) is 54.6 Å². The number of benzene rings is 2. The molecule has 0 bridgehead atoms. The fraction of sp³-hybridized carbons (Fsp3) is 0.292. The van der Waals surface area contributed by atoms with Crippen LogP contribution in [-0.4, -0.2) is 61.8 Å². The predicted molar refractivity (Wildman–Crippen MR) is 134 cm³/mol. The molecule has 0 radical (unpaired) electrons. The van der Waals surface area contributed by atoms with Crippen molar-refractivity contribution in [2.24, 2.45) is 0 Å². The van der Waals surface area contributed by atoms with Crippen molar-refractivity contribution in [3.05, 3.63) is 70.1 Å². The largest absolute Gasteiger partial charge is 0.454 e. The summed E-state index contributed by atoms with van der Waals surface area (Å²) in [5, 5.41) is 3.54. The van der Waals surface area contributed by atoms with Crippen molar-refractivity contribution in [1.29, 1.82) is 0 Å². The molecule has 0 aliphatic carbocycles. The number of hydrogen-bond acceptors (Lipinski definition) is 7. The van der Waals surface area contributed by atoms with Gasteiger partial charge < -0.3 is 15.0 Å². The number of thiophene rings is 1. The van der Waals surface area contributed by atoms with Gasteiger partial charge in [-0.1, -0.05) is 60.1 Å². The summed E-state index contributed by atoms with van der Waals surface area (Å²) in [5.41, 5.74) is 0.837. The van der Waals surface area contributed by atoms with E-state index < -0.39 is 46.8 Å². The molecule has 1 saturated heterocycles. The summed E-state index contributed by atoms with van der Waals surface area (Å²) in [4.78, 5) is 39.3. The van der Waals surface area contributed by atoms with Crippen LogP contribution >= 0.6 is 22.9 Å². The van der Waals surface area contributed by atoms with Gasteiger partial charge in [-0.2, -0.15) is 0 Å². The molecular formula is C24H23ClN2O6S2. The molecule has 1 aliphatic heterocycles. The highest BCUT2D eigenvalue weighted by molar-refractivity contribution is 7.91. The Hall–Kier alpha value is -2.95. The first kappa shape index (κ1) is 25.2. The fourth-order valence-corrected chi connectivity index (χ4v) is 7.06. The summed E-state index contributed by atoms with van der Waals surface area (Å²) in [6, 6.07) is 16.0. The van der Waals surface area contributed by atoms with Crippen molar-refractivity contribution in [2.45, 2.75) is 19.0 Å². The maximum Gasteiger partial charge on any atom is 0.325 e. The lowest BCUT2D eigenvalue weighted by molar-refractivity contribution is -0.152. The summed E-state index contributed by atoms with van der Waals surface area (Å²) >= 11 is 7.51. The molecular weight excluding hydrogens is 512 g/mol. The fourth-order valence-electron chi connectivity index (χ4n) is 3.89. The average molecular weight is 535 g/mol. The van der Waals surface area contributed by atoms with Crippen LogP contribution in [0.3, 0.4) is 0 Å². The Labute approximate surface area is 211 Å². The van der Waals surface area contributed by atoms with E-state index >= 15 is 0 Å². The topological polar surface area (TPSA) is 110 Å². The lowest BCUT2D eigenvalue weighted by Crippen LogP contribution is -2.43. The third kappa shape index (κ3) is 6.19. The Morgan fingerprint density at radius 1 is 1.09 bits per heavy atom. The van der Waals surface area contributed by atoms with Gasteiger partial charge in [-0.25, -0.2) is 8.42 Å². The van der Waals surface area contributed by atoms with E-state index in [4.69, 9.17) is 16.3 Å². The average Bonchev–Trinajstić information content (AvgIpc) is 3.39. The second kappa shape index (κ2) is 10.8. The van der Waals surface area contributed by atoms with Gasteiger partial charge in [0.2, 0.25) is 0 Å². The van der Waals surface area contributed by atoms with Crippen LogP contribution in [0.15, 0.2) is 54.6 Å². The van der Waals surface area contributed by atoms with E-state index in [0.29, 0.717) is 11.4 Å². The zero-order chi connectivity index (χ0) is 25.0. The second-order valence-electron chi connectivity index (χ2n) is 8.15. The molecule has 1 N–H and O–H groups in total. The lowest BCUT2D eigenvalue weighted by atomic mass is 10.1. The monoisotopic (exact) mass is 534 g/mol. The molecule has 35 heavy (non-hydrogen) atoms. The van der Waals surface area contributed by atoms with Crippen LogP contribution in [0.4, 0.5) is 0 Å². The first-order valence-electron chi connectivity index (χ1n) is 10.9. The number of esters is 1. The lowest BCUT2D eigenvalue weighted by Gasteiger charge is -2.28. The highest BCUT2D eigenvalue weighted by Crippen LogP contribution is 2.34. The van der Waals surface area contributed by atoms with Crippen molar-refractivity contribution >= 4 is 60.6 Å². The normalized spacial score (nSPS) is 16.7. The van der Waals surface area contributed by atoms with E-state index in [1.165, 1.54) is 16.2 Å². The van der Waals surface area contributed by atoms with Crippen LogP contribution in [0.2, 0.25) is 5.02 Å². The van der Waals surface area contributed by atoms with Gasteiger partial charge >= 0.3 is 5.97 Å². The van der Waals surface area contributed by atoms with Crippen LogP contribution in [-0.2, 0) is 30.7 Å². The van der Waals surface area contributed by atoms with Gasteiger partial charge in [0.1, 0.15) is 11.4 Å². The molecule has 1 atom stereocenters. The number of sulfone groups is 1. The number of fused-ring (bicyclic) bond motifs is 1. The summed E-state index contributed by atoms with van der Waals surface area (Å²) in [5.74, 6) is -1.90. The molecule has 0 saturated carbocycles. The number of halogens is 1. The third-order valence-electron chi connectivity index (χ3n) is 5.66. The summed E-state index contributed by atoms with van der Waals surface area (Å²) in [6.07, 6.45) is 0.334. The standard InChI is InChI=1S/C24H23ClN2O6S2/c25-22-18-8-4-5-9-19(18)34-23(22)24(30)26-12-21(29)33-14-20(28)27(13-16-6-2-1-3-7-16)17-10-11-35(31,32)15-17/h1-9,17H,10-15H2,(H,26,30)/t17-/m1/s1. The van der Waals surface area contributed by atoms with Crippen molar-refractivity contribution in [1.82, 2.24) is 10.2 Å². The Morgan fingerprint density at radius 2 is 1.80 bits per heavy atom. The van der Waals surface area contributed by atoms with Crippen LogP contribution in [0.25, 0.3) is 10.1 Å². The highest BCUT2D eigenvalue weighted by atomic mass is 35.5. The minimum Gasteiger partial charge on any atom is -0.454 e. The van der Waals surface area contributed by atoms with Crippen molar-refractivity contribution in [3.63, 3.8) is 0 Å². The Morgan fingerprint density at radius 3 is 2.49 bits per heavy atom. The molecule has 2 amide bonds. The number of rotatable bonds is 8. The Kier molecular flexibility index (Phi) is 7.73. The van der Waals surface area contributed by atoms with E-state index in [0.717, 1.165) is 15.6 Å². The van der Waals surface area contributed by atoms with Gasteiger partial charge in [-0.05, 0) is 18.1 Å². The third-order valence-corrected chi connectivity index (χ3v) is 9.08. The molecule has 2 aromatic carbocycles. The summed E-state index contributed by atoms with van der Waals surface area (Å²) in [6.45, 7) is -0.784. The molecule has 8 nitrogen and oxygen atoms in total. The Balaban J connectivity index is 1.34. The molecule has 1 aliphatic rings. The van der Waals surface area contributed by atoms with Crippen molar-refractivity contribution in [3.8, 4) is 0 Å². The number of hydrogen-bond donors (Lipinski definition) is 1. The number of carbonyl (C=O) groups excluding carboxylic acids is 3. The van der Waals surface area contributed by atoms with E-state index in [2.05, 4.69) is 5.32 Å². The number of nitrogens with zero attached hydrogens (tertiary/aromatic N) is 1. The zero-order valence-electron chi connectivity index (χ0n) is 18.6. The maximum absolute atomic E-state index is 12.9. The van der Waals surface area contributed by atoms with Gasteiger partial charge in [0.25, 0.3) is 11.8 Å². The van der Waals surface area contributed by atoms with Crippen molar-refractivity contribution in [2.75, 3.05) is 24.7 Å². The quantitative estimate of drug-likeness (QED) is 0.445. The van der Waals surface area contributed by atoms with Crippen LogP contribution < -0.4 is 5.32 Å². The van der Waals surface area contributed by atoms with Crippen molar-refractivity contribution < 1.29 is 27.5 Å². The van der Waals surface area contributed by atoms with E-state index in [1.54, 1.807) is 0 Å². The smallest absolute Gasteiger partial charge is 0.325 e. The molecule has 0 spiro atoms. The highest BCUT2D eigenvalue weighted by Gasteiger charge is 2.35. The molecule has 11 heteroatoms. The molecule has 3 aromatic rings. The first-order chi connectivity index (χ1) is 16.7. The maximum atomic E-state index is 12.9. The number of ether oxygens (including phenoxy) is 1. The minimum atomic E-state index is -3.21. The molecule has 4 rings (SSSR count). The SMILES string of the molecule is O=C(CNC(=O)c1sc2ccccc2c1Cl)OCC(=O)N(Cc1ccccc1)[C@@H]1CCS(=O)(=O)C1. The van der Waals surface area contributed by atoms with Gasteiger partial charge in [-0.3, -0.25) is 14.4 Å². The molecule has 1 aromatic heterocycles. The summed E-state index contributed by atoms with van der Waals surface area (Å²) in [7, 11) is -3.21. The van der Waals surface area contributed by atoms with Crippen LogP contribution in [0, 0.1) is 0 Å². The number of amides is 2. The number of carbonyl (C=O) groups is 3. The van der Waals surface area contributed by atoms with E-state index in [-0.39, 0.29) is 22.9 Å². The molecule has 184 valence electrons. The molecule has 1 fully saturated rings.